The number of halogens is 1. The Bertz CT molecular complexity index is 480. The van der Waals surface area contributed by atoms with Crippen molar-refractivity contribution in [2.75, 3.05) is 11.5 Å². The van der Waals surface area contributed by atoms with Crippen molar-refractivity contribution in [2.45, 2.75) is 19.9 Å². The Morgan fingerprint density at radius 2 is 1.95 bits per heavy atom. The molecule has 1 rings (SSSR count). The van der Waals surface area contributed by atoms with Gasteiger partial charge in [0.15, 0.2) is 0 Å². The molecule has 20 heavy (non-hydrogen) atoms. The molecule has 0 aliphatic rings. The van der Waals surface area contributed by atoms with Gasteiger partial charge in [-0.3, -0.25) is 9.59 Å². The van der Waals surface area contributed by atoms with Gasteiger partial charge >= 0.3 is 0 Å². The molecule has 0 heterocycles. The number of rotatable bonds is 7. The van der Waals surface area contributed by atoms with Crippen molar-refractivity contribution in [3.63, 3.8) is 0 Å². The highest BCUT2D eigenvalue weighted by atomic mass is 35.5. The van der Waals surface area contributed by atoms with Gasteiger partial charge in [-0.15, -0.1) is 11.8 Å². The zero-order valence-electron chi connectivity index (χ0n) is 11.6. The summed E-state index contributed by atoms with van der Waals surface area (Å²) in [5.74, 6) is 0.00632. The largest absolute Gasteiger partial charge is 0.369 e. The molecular weight excluding hydrogens is 296 g/mol. The van der Waals surface area contributed by atoms with Gasteiger partial charge in [-0.1, -0.05) is 43.6 Å². The molecule has 6 heteroatoms. The van der Waals surface area contributed by atoms with Crippen molar-refractivity contribution in [1.29, 1.82) is 0 Å². The summed E-state index contributed by atoms with van der Waals surface area (Å²) in [5.41, 5.74) is 5.93. The van der Waals surface area contributed by atoms with Crippen LogP contribution in [0.5, 0.6) is 0 Å². The standard InChI is InChI=1S/C14H19ClN2O2S/c1-9(2)14(10-5-3-4-6-11(10)15)17-13(19)8-20-7-12(16)18/h3-6,9,14H,7-8H2,1-2H3,(H2,16,18)(H,17,19)/t14-/m1/s1. The highest BCUT2D eigenvalue weighted by Crippen LogP contribution is 2.28. The van der Waals surface area contributed by atoms with Gasteiger partial charge in [0.25, 0.3) is 0 Å². The van der Waals surface area contributed by atoms with Crippen molar-refractivity contribution >= 4 is 35.2 Å². The van der Waals surface area contributed by atoms with E-state index in [4.69, 9.17) is 17.3 Å². The summed E-state index contributed by atoms with van der Waals surface area (Å²) in [5, 5.41) is 3.59. The lowest BCUT2D eigenvalue weighted by Crippen LogP contribution is -2.33. The first-order valence-electron chi connectivity index (χ1n) is 6.31. The van der Waals surface area contributed by atoms with Crippen molar-refractivity contribution in [2.24, 2.45) is 11.7 Å². The van der Waals surface area contributed by atoms with Crippen LogP contribution >= 0.6 is 23.4 Å². The number of carbonyl (C=O) groups is 2. The summed E-state index contributed by atoms with van der Waals surface area (Å²) in [6.45, 7) is 4.04. The Morgan fingerprint density at radius 1 is 1.30 bits per heavy atom. The molecule has 110 valence electrons. The lowest BCUT2D eigenvalue weighted by molar-refractivity contribution is -0.119. The Hall–Kier alpha value is -1.20. The van der Waals surface area contributed by atoms with Gasteiger partial charge in [0.1, 0.15) is 0 Å². The fourth-order valence-corrected chi connectivity index (χ4v) is 2.62. The normalized spacial score (nSPS) is 12.2. The first-order chi connectivity index (χ1) is 9.41. The number of amides is 2. The van der Waals surface area contributed by atoms with E-state index in [0.717, 1.165) is 5.56 Å². The molecule has 0 unspecified atom stereocenters. The summed E-state index contributed by atoms with van der Waals surface area (Å²) < 4.78 is 0. The van der Waals surface area contributed by atoms with Gasteiger partial charge < -0.3 is 11.1 Å². The second-order valence-corrected chi connectivity index (χ2v) is 6.16. The minimum atomic E-state index is -0.422. The molecule has 3 N–H and O–H groups in total. The van der Waals surface area contributed by atoms with E-state index < -0.39 is 5.91 Å². The van der Waals surface area contributed by atoms with E-state index in [-0.39, 0.29) is 29.4 Å². The predicted octanol–water partition coefficient (Wildman–Crippen LogP) is 2.37. The molecule has 0 radical (unpaired) electrons. The number of hydrogen-bond acceptors (Lipinski definition) is 3. The van der Waals surface area contributed by atoms with E-state index >= 15 is 0 Å². The molecule has 0 spiro atoms. The molecule has 2 amide bonds. The van der Waals surface area contributed by atoms with Crippen molar-refractivity contribution in [1.82, 2.24) is 5.32 Å². The molecule has 0 aromatic heterocycles. The number of benzene rings is 1. The third-order valence-corrected chi connectivity index (χ3v) is 4.00. The Kier molecular flexibility index (Phi) is 6.88. The molecule has 0 aliphatic carbocycles. The van der Waals surface area contributed by atoms with E-state index in [1.54, 1.807) is 6.07 Å². The second-order valence-electron chi connectivity index (χ2n) is 4.77. The van der Waals surface area contributed by atoms with E-state index in [2.05, 4.69) is 5.32 Å². The minimum absolute atomic E-state index is 0.130. The maximum atomic E-state index is 11.9. The average molecular weight is 315 g/mol. The summed E-state index contributed by atoms with van der Waals surface area (Å²) in [6.07, 6.45) is 0. The highest BCUT2D eigenvalue weighted by Gasteiger charge is 2.20. The van der Waals surface area contributed by atoms with Gasteiger partial charge in [0.05, 0.1) is 17.5 Å². The molecule has 0 bridgehead atoms. The van der Waals surface area contributed by atoms with E-state index in [0.29, 0.717) is 5.02 Å². The number of nitrogens with one attached hydrogen (secondary N) is 1. The van der Waals surface area contributed by atoms with E-state index in [9.17, 15) is 9.59 Å². The Labute approximate surface area is 128 Å². The molecule has 0 saturated carbocycles. The van der Waals surface area contributed by atoms with Crippen LogP contribution in [0, 0.1) is 5.92 Å². The highest BCUT2D eigenvalue weighted by molar-refractivity contribution is 8.00. The maximum absolute atomic E-state index is 11.9. The number of nitrogens with two attached hydrogens (primary N) is 1. The molecule has 0 saturated heterocycles. The van der Waals surface area contributed by atoms with Crippen LogP contribution in [0.25, 0.3) is 0 Å². The fraction of sp³-hybridized carbons (Fsp3) is 0.429. The maximum Gasteiger partial charge on any atom is 0.230 e. The van der Waals surface area contributed by atoms with Crippen LogP contribution in [0.1, 0.15) is 25.5 Å². The average Bonchev–Trinajstić information content (AvgIpc) is 2.36. The van der Waals surface area contributed by atoms with Crippen LogP contribution < -0.4 is 11.1 Å². The third-order valence-electron chi connectivity index (χ3n) is 2.70. The van der Waals surface area contributed by atoms with E-state index in [1.165, 1.54) is 11.8 Å². The minimum Gasteiger partial charge on any atom is -0.369 e. The summed E-state index contributed by atoms with van der Waals surface area (Å²) in [7, 11) is 0. The summed E-state index contributed by atoms with van der Waals surface area (Å²) >= 11 is 7.38. The van der Waals surface area contributed by atoms with Crippen LogP contribution in [0.4, 0.5) is 0 Å². The summed E-state index contributed by atoms with van der Waals surface area (Å²) in [4.78, 5) is 22.5. The second kappa shape index (κ2) is 8.17. The molecule has 0 fully saturated rings. The number of hydrogen-bond donors (Lipinski definition) is 2. The summed E-state index contributed by atoms with van der Waals surface area (Å²) in [6, 6.07) is 7.31. The zero-order chi connectivity index (χ0) is 15.1. The van der Waals surface area contributed by atoms with Crippen LogP contribution in [0.3, 0.4) is 0 Å². The molecule has 1 atom stereocenters. The SMILES string of the molecule is CC(C)[C@@H](NC(=O)CSCC(N)=O)c1ccccc1Cl. The monoisotopic (exact) mass is 314 g/mol. The van der Waals surface area contributed by atoms with Crippen LogP contribution in [-0.4, -0.2) is 23.3 Å². The molecule has 1 aromatic rings. The Balaban J connectivity index is 2.67. The van der Waals surface area contributed by atoms with E-state index in [1.807, 2.05) is 32.0 Å². The third kappa shape index (κ3) is 5.43. The van der Waals surface area contributed by atoms with Gasteiger partial charge in [-0.25, -0.2) is 0 Å². The molecule has 1 aromatic carbocycles. The topological polar surface area (TPSA) is 72.2 Å². The molecule has 4 nitrogen and oxygen atoms in total. The first kappa shape index (κ1) is 16.9. The first-order valence-corrected chi connectivity index (χ1v) is 7.85. The van der Waals surface area contributed by atoms with Gasteiger partial charge in [-0.05, 0) is 17.5 Å². The lowest BCUT2D eigenvalue weighted by Gasteiger charge is -2.23. The number of carbonyl (C=O) groups excluding carboxylic acids is 2. The number of primary amides is 1. The van der Waals surface area contributed by atoms with Crippen LogP contribution in [-0.2, 0) is 9.59 Å². The zero-order valence-corrected chi connectivity index (χ0v) is 13.1. The predicted molar refractivity (Wildman–Crippen MR) is 83.7 cm³/mol. The molecular formula is C14H19ClN2O2S. The van der Waals surface area contributed by atoms with Crippen LogP contribution in [0.2, 0.25) is 5.02 Å². The van der Waals surface area contributed by atoms with Gasteiger partial charge in [0.2, 0.25) is 11.8 Å². The van der Waals surface area contributed by atoms with Crippen molar-refractivity contribution in [3.8, 4) is 0 Å². The Morgan fingerprint density at radius 3 is 2.50 bits per heavy atom. The fourth-order valence-electron chi connectivity index (χ4n) is 1.79. The van der Waals surface area contributed by atoms with Gasteiger partial charge in [0, 0.05) is 5.02 Å². The van der Waals surface area contributed by atoms with Gasteiger partial charge in [-0.2, -0.15) is 0 Å². The van der Waals surface area contributed by atoms with Crippen molar-refractivity contribution in [3.05, 3.63) is 34.9 Å². The van der Waals surface area contributed by atoms with Crippen LogP contribution in [0.15, 0.2) is 24.3 Å². The molecule has 0 aliphatic heterocycles. The number of thioether (sulfide) groups is 1. The smallest absolute Gasteiger partial charge is 0.230 e. The van der Waals surface area contributed by atoms with Crippen molar-refractivity contribution < 1.29 is 9.59 Å². The lowest BCUT2D eigenvalue weighted by atomic mass is 9.96. The quantitative estimate of drug-likeness (QED) is 0.811.